The minimum atomic E-state index is 0.537. The first-order valence-corrected chi connectivity index (χ1v) is 4.61. The van der Waals surface area contributed by atoms with Crippen LogP contribution in [0.4, 0.5) is 5.82 Å². The molecule has 0 aliphatic rings. The van der Waals surface area contributed by atoms with Gasteiger partial charge < -0.3 is 5.73 Å². The molecule has 0 atom stereocenters. The van der Waals surface area contributed by atoms with Crippen molar-refractivity contribution < 1.29 is 0 Å². The van der Waals surface area contributed by atoms with Gasteiger partial charge in [-0.15, -0.1) is 0 Å². The number of hydrogen-bond donors (Lipinski definition) is 1. The van der Waals surface area contributed by atoms with E-state index < -0.39 is 0 Å². The van der Waals surface area contributed by atoms with Gasteiger partial charge in [-0.3, -0.25) is 0 Å². The number of nitrogens with zero attached hydrogens (tertiary/aromatic N) is 1. The Kier molecular flexibility index (Phi) is 2.37. The Hall–Kier alpha value is -1.54. The van der Waals surface area contributed by atoms with Crippen molar-refractivity contribution in [2.24, 2.45) is 0 Å². The Morgan fingerprint density at radius 2 is 1.79 bits per heavy atom. The second kappa shape index (κ2) is 3.68. The van der Waals surface area contributed by atoms with Gasteiger partial charge in [0.25, 0.3) is 0 Å². The summed E-state index contributed by atoms with van der Waals surface area (Å²) in [6.45, 7) is 0. The molecule has 2 aromatic rings. The van der Waals surface area contributed by atoms with E-state index in [1.54, 1.807) is 6.20 Å². The van der Waals surface area contributed by atoms with Crippen LogP contribution in [0.5, 0.6) is 0 Å². The summed E-state index contributed by atoms with van der Waals surface area (Å²) in [5.41, 5.74) is 7.71. The lowest BCUT2D eigenvalue weighted by Crippen LogP contribution is -1.92. The Labute approximate surface area is 87.4 Å². The standard InChI is InChI=1S/C11H9ClN2/c12-9-5-3-8(4-6-9)10-2-1-7-14-11(10)13/h1-7H,(H2,13,14). The van der Waals surface area contributed by atoms with E-state index in [1.807, 2.05) is 36.4 Å². The van der Waals surface area contributed by atoms with Crippen LogP contribution in [0.1, 0.15) is 0 Å². The first-order valence-electron chi connectivity index (χ1n) is 4.24. The van der Waals surface area contributed by atoms with Gasteiger partial charge in [0.15, 0.2) is 0 Å². The van der Waals surface area contributed by atoms with E-state index in [0.717, 1.165) is 16.1 Å². The Morgan fingerprint density at radius 1 is 1.07 bits per heavy atom. The molecule has 1 heterocycles. The van der Waals surface area contributed by atoms with Crippen LogP contribution in [-0.4, -0.2) is 4.98 Å². The number of nitrogen functional groups attached to an aromatic ring is 1. The smallest absolute Gasteiger partial charge is 0.131 e. The van der Waals surface area contributed by atoms with Crippen molar-refractivity contribution in [3.8, 4) is 11.1 Å². The third-order valence-electron chi connectivity index (χ3n) is 1.99. The lowest BCUT2D eigenvalue weighted by molar-refractivity contribution is 1.34. The number of anilines is 1. The highest BCUT2D eigenvalue weighted by molar-refractivity contribution is 6.30. The zero-order valence-electron chi connectivity index (χ0n) is 7.44. The van der Waals surface area contributed by atoms with Gasteiger partial charge >= 0.3 is 0 Å². The number of halogens is 1. The highest BCUT2D eigenvalue weighted by atomic mass is 35.5. The molecule has 2 N–H and O–H groups in total. The molecule has 0 radical (unpaired) electrons. The van der Waals surface area contributed by atoms with E-state index in [9.17, 15) is 0 Å². The molecule has 0 fully saturated rings. The summed E-state index contributed by atoms with van der Waals surface area (Å²) < 4.78 is 0. The molecule has 0 unspecified atom stereocenters. The summed E-state index contributed by atoms with van der Waals surface area (Å²) in [6, 6.07) is 11.3. The quantitative estimate of drug-likeness (QED) is 0.776. The van der Waals surface area contributed by atoms with E-state index in [1.165, 1.54) is 0 Å². The average molecular weight is 205 g/mol. The van der Waals surface area contributed by atoms with Gasteiger partial charge in [0.1, 0.15) is 5.82 Å². The average Bonchev–Trinajstić information content (AvgIpc) is 2.20. The molecule has 1 aromatic carbocycles. The van der Waals surface area contributed by atoms with Crippen LogP contribution in [0.25, 0.3) is 11.1 Å². The lowest BCUT2D eigenvalue weighted by atomic mass is 10.1. The largest absolute Gasteiger partial charge is 0.383 e. The zero-order chi connectivity index (χ0) is 9.97. The Morgan fingerprint density at radius 3 is 2.43 bits per heavy atom. The third-order valence-corrected chi connectivity index (χ3v) is 2.25. The molecule has 0 saturated carbocycles. The monoisotopic (exact) mass is 204 g/mol. The molecule has 1 aromatic heterocycles. The van der Waals surface area contributed by atoms with Crippen molar-refractivity contribution in [3.63, 3.8) is 0 Å². The third kappa shape index (κ3) is 1.70. The second-order valence-corrected chi connectivity index (χ2v) is 3.38. The van der Waals surface area contributed by atoms with Gasteiger partial charge in [0.2, 0.25) is 0 Å². The molecule has 2 nitrogen and oxygen atoms in total. The van der Waals surface area contributed by atoms with Gasteiger partial charge in [-0.2, -0.15) is 0 Å². The molecule has 3 heteroatoms. The number of pyridine rings is 1. The fraction of sp³-hybridized carbons (Fsp3) is 0. The molecule has 2 rings (SSSR count). The van der Waals surface area contributed by atoms with Crippen LogP contribution < -0.4 is 5.73 Å². The summed E-state index contributed by atoms with van der Waals surface area (Å²) in [5.74, 6) is 0.537. The zero-order valence-corrected chi connectivity index (χ0v) is 8.20. The fourth-order valence-corrected chi connectivity index (χ4v) is 1.42. The SMILES string of the molecule is Nc1ncccc1-c1ccc(Cl)cc1. The van der Waals surface area contributed by atoms with Crippen LogP contribution in [0, 0.1) is 0 Å². The minimum Gasteiger partial charge on any atom is -0.383 e. The maximum absolute atomic E-state index is 5.79. The van der Waals surface area contributed by atoms with E-state index in [4.69, 9.17) is 17.3 Å². The lowest BCUT2D eigenvalue weighted by Gasteiger charge is -2.03. The van der Waals surface area contributed by atoms with Crippen LogP contribution in [0.3, 0.4) is 0 Å². The van der Waals surface area contributed by atoms with Crippen molar-refractivity contribution in [1.82, 2.24) is 4.98 Å². The van der Waals surface area contributed by atoms with Crippen molar-refractivity contribution >= 4 is 17.4 Å². The molecular weight excluding hydrogens is 196 g/mol. The first-order chi connectivity index (χ1) is 6.77. The maximum Gasteiger partial charge on any atom is 0.131 e. The predicted octanol–water partition coefficient (Wildman–Crippen LogP) is 2.98. The number of nitrogens with two attached hydrogens (primary N) is 1. The Bertz CT molecular complexity index is 437. The molecule has 0 aliphatic carbocycles. The molecule has 14 heavy (non-hydrogen) atoms. The van der Waals surface area contributed by atoms with Gasteiger partial charge in [-0.25, -0.2) is 4.98 Å². The second-order valence-electron chi connectivity index (χ2n) is 2.94. The molecular formula is C11H9ClN2. The summed E-state index contributed by atoms with van der Waals surface area (Å²) in [5, 5.41) is 0.719. The predicted molar refractivity (Wildman–Crippen MR) is 59.1 cm³/mol. The van der Waals surface area contributed by atoms with Crippen LogP contribution in [0.2, 0.25) is 5.02 Å². The number of benzene rings is 1. The van der Waals surface area contributed by atoms with E-state index >= 15 is 0 Å². The van der Waals surface area contributed by atoms with Gasteiger partial charge in [-0.1, -0.05) is 23.7 Å². The summed E-state index contributed by atoms with van der Waals surface area (Å²) in [4.78, 5) is 4.02. The molecule has 0 amide bonds. The fourth-order valence-electron chi connectivity index (χ4n) is 1.29. The maximum atomic E-state index is 5.79. The summed E-state index contributed by atoms with van der Waals surface area (Å²) >= 11 is 5.79. The first kappa shape index (κ1) is 9.03. The van der Waals surface area contributed by atoms with E-state index in [0.29, 0.717) is 5.82 Å². The van der Waals surface area contributed by atoms with E-state index in [-0.39, 0.29) is 0 Å². The van der Waals surface area contributed by atoms with Crippen LogP contribution >= 0.6 is 11.6 Å². The summed E-state index contributed by atoms with van der Waals surface area (Å²) in [7, 11) is 0. The minimum absolute atomic E-state index is 0.537. The molecule has 0 bridgehead atoms. The molecule has 0 saturated heterocycles. The van der Waals surface area contributed by atoms with Gasteiger partial charge in [0, 0.05) is 16.8 Å². The molecule has 70 valence electrons. The highest BCUT2D eigenvalue weighted by Gasteiger charge is 2.01. The molecule has 0 aliphatic heterocycles. The normalized spacial score (nSPS) is 10.1. The topological polar surface area (TPSA) is 38.9 Å². The number of aromatic nitrogens is 1. The number of rotatable bonds is 1. The van der Waals surface area contributed by atoms with Crippen molar-refractivity contribution in [2.45, 2.75) is 0 Å². The van der Waals surface area contributed by atoms with Crippen molar-refractivity contribution in [3.05, 3.63) is 47.6 Å². The van der Waals surface area contributed by atoms with Crippen molar-refractivity contribution in [2.75, 3.05) is 5.73 Å². The molecule has 0 spiro atoms. The van der Waals surface area contributed by atoms with Gasteiger partial charge in [0.05, 0.1) is 0 Å². The summed E-state index contributed by atoms with van der Waals surface area (Å²) in [6.07, 6.45) is 1.68. The van der Waals surface area contributed by atoms with Crippen molar-refractivity contribution in [1.29, 1.82) is 0 Å². The van der Waals surface area contributed by atoms with Crippen LogP contribution in [0.15, 0.2) is 42.6 Å². The van der Waals surface area contributed by atoms with Gasteiger partial charge in [-0.05, 0) is 29.8 Å². The van der Waals surface area contributed by atoms with E-state index in [2.05, 4.69) is 4.98 Å². The Balaban J connectivity index is 2.50. The number of hydrogen-bond acceptors (Lipinski definition) is 2. The highest BCUT2D eigenvalue weighted by Crippen LogP contribution is 2.24. The van der Waals surface area contributed by atoms with Crippen LogP contribution in [-0.2, 0) is 0 Å².